The first kappa shape index (κ1) is 12.6. The molecule has 0 saturated heterocycles. The van der Waals surface area contributed by atoms with E-state index in [1.807, 2.05) is 0 Å². The lowest BCUT2D eigenvalue weighted by molar-refractivity contribution is -0.517. The monoisotopic (exact) mass is 243 g/mol. The van der Waals surface area contributed by atoms with Gasteiger partial charge in [-0.15, -0.1) is 0 Å². The van der Waals surface area contributed by atoms with E-state index in [-0.39, 0.29) is 9.82 Å². The molecule has 0 heterocycles. The second kappa shape index (κ2) is 4.61. The SMILES string of the molecule is CC(Cc1ccc(S(C)(=O)=O)cc1)[N+](=O)[O-]. The van der Waals surface area contributed by atoms with Crippen molar-refractivity contribution in [1.82, 2.24) is 0 Å². The standard InChI is InChI=1S/C10H13NO4S/c1-8(11(12)13)7-9-3-5-10(6-4-9)16(2,14)15/h3-6,8H,7H2,1-2H3. The van der Waals surface area contributed by atoms with Crippen molar-refractivity contribution in [2.45, 2.75) is 24.3 Å². The summed E-state index contributed by atoms with van der Waals surface area (Å²) in [4.78, 5) is 10.3. The summed E-state index contributed by atoms with van der Waals surface area (Å²) in [5.41, 5.74) is 0.761. The molecular formula is C10H13NO4S. The van der Waals surface area contributed by atoms with Gasteiger partial charge in [0.05, 0.1) is 4.90 Å². The fourth-order valence-electron chi connectivity index (χ4n) is 1.29. The molecule has 0 aromatic heterocycles. The molecule has 0 spiro atoms. The van der Waals surface area contributed by atoms with Gasteiger partial charge in [-0.1, -0.05) is 12.1 Å². The molecule has 88 valence electrons. The summed E-state index contributed by atoms with van der Waals surface area (Å²) in [5.74, 6) is 0. The zero-order valence-corrected chi connectivity index (χ0v) is 9.90. The molecule has 0 radical (unpaired) electrons. The van der Waals surface area contributed by atoms with Crippen LogP contribution in [0, 0.1) is 10.1 Å². The van der Waals surface area contributed by atoms with E-state index in [1.54, 1.807) is 12.1 Å². The maximum Gasteiger partial charge on any atom is 0.214 e. The molecule has 1 aromatic carbocycles. The highest BCUT2D eigenvalue weighted by molar-refractivity contribution is 7.90. The van der Waals surface area contributed by atoms with Crippen molar-refractivity contribution in [3.05, 3.63) is 39.9 Å². The Balaban J connectivity index is 2.84. The summed E-state index contributed by atoms with van der Waals surface area (Å²) in [7, 11) is -3.20. The van der Waals surface area contributed by atoms with E-state index in [2.05, 4.69) is 0 Å². The van der Waals surface area contributed by atoms with Crippen LogP contribution in [0.15, 0.2) is 29.2 Å². The van der Waals surface area contributed by atoms with Gasteiger partial charge in [0.1, 0.15) is 0 Å². The van der Waals surface area contributed by atoms with E-state index in [0.29, 0.717) is 6.42 Å². The van der Waals surface area contributed by atoms with Crippen LogP contribution in [0.4, 0.5) is 0 Å². The van der Waals surface area contributed by atoms with Crippen molar-refractivity contribution in [2.24, 2.45) is 0 Å². The number of benzene rings is 1. The maximum absolute atomic E-state index is 11.2. The minimum absolute atomic E-state index is 0.227. The van der Waals surface area contributed by atoms with Gasteiger partial charge < -0.3 is 0 Å². The van der Waals surface area contributed by atoms with Crippen LogP contribution in [0.25, 0.3) is 0 Å². The molecule has 0 aliphatic carbocycles. The number of hydrogen-bond acceptors (Lipinski definition) is 4. The third-order valence-electron chi connectivity index (χ3n) is 2.24. The fourth-order valence-corrected chi connectivity index (χ4v) is 1.92. The van der Waals surface area contributed by atoms with Crippen molar-refractivity contribution >= 4 is 9.84 Å². The molecule has 1 aromatic rings. The molecule has 16 heavy (non-hydrogen) atoms. The molecule has 0 fully saturated rings. The van der Waals surface area contributed by atoms with Crippen LogP contribution in [0.5, 0.6) is 0 Å². The molecule has 1 atom stereocenters. The van der Waals surface area contributed by atoms with Gasteiger partial charge in [0, 0.05) is 24.5 Å². The summed E-state index contributed by atoms with van der Waals surface area (Å²) in [5, 5.41) is 10.4. The fraction of sp³-hybridized carbons (Fsp3) is 0.400. The van der Waals surface area contributed by atoms with Gasteiger partial charge in [-0.25, -0.2) is 8.42 Å². The molecule has 0 saturated carbocycles. The number of sulfone groups is 1. The highest BCUT2D eigenvalue weighted by Crippen LogP contribution is 2.12. The van der Waals surface area contributed by atoms with Gasteiger partial charge in [-0.05, 0) is 17.7 Å². The van der Waals surface area contributed by atoms with Gasteiger partial charge in [0.25, 0.3) is 0 Å². The van der Waals surface area contributed by atoms with Crippen LogP contribution in [0.2, 0.25) is 0 Å². The molecule has 5 nitrogen and oxygen atoms in total. The van der Waals surface area contributed by atoms with Crippen molar-refractivity contribution in [2.75, 3.05) is 6.26 Å². The Labute approximate surface area is 94.2 Å². The summed E-state index contributed by atoms with van der Waals surface area (Å²) in [6, 6.07) is 5.49. The third kappa shape index (κ3) is 3.30. The second-order valence-electron chi connectivity index (χ2n) is 3.75. The van der Waals surface area contributed by atoms with Gasteiger partial charge >= 0.3 is 0 Å². The van der Waals surface area contributed by atoms with Crippen molar-refractivity contribution in [3.8, 4) is 0 Å². The van der Waals surface area contributed by atoms with Crippen molar-refractivity contribution in [3.63, 3.8) is 0 Å². The molecule has 0 N–H and O–H groups in total. The maximum atomic E-state index is 11.2. The first-order valence-corrected chi connectivity index (χ1v) is 6.62. The van der Waals surface area contributed by atoms with E-state index >= 15 is 0 Å². The number of nitro groups is 1. The van der Waals surface area contributed by atoms with Gasteiger partial charge in [0.15, 0.2) is 9.84 Å². The lowest BCUT2D eigenvalue weighted by atomic mass is 10.1. The molecular weight excluding hydrogens is 230 g/mol. The summed E-state index contributed by atoms with van der Waals surface area (Å²) in [6.07, 6.45) is 1.43. The number of rotatable bonds is 4. The highest BCUT2D eigenvalue weighted by atomic mass is 32.2. The highest BCUT2D eigenvalue weighted by Gasteiger charge is 2.14. The first-order chi connectivity index (χ1) is 7.30. The normalized spacial score (nSPS) is 13.4. The summed E-state index contributed by atoms with van der Waals surface area (Å²) >= 11 is 0. The average Bonchev–Trinajstić information content (AvgIpc) is 2.17. The van der Waals surface area contributed by atoms with Crippen LogP contribution in [0.3, 0.4) is 0 Å². The van der Waals surface area contributed by atoms with Gasteiger partial charge in [-0.2, -0.15) is 0 Å². The Morgan fingerprint density at radius 2 is 1.81 bits per heavy atom. The lowest BCUT2D eigenvalue weighted by Gasteiger charge is -2.04. The Hall–Kier alpha value is -1.43. The first-order valence-electron chi connectivity index (χ1n) is 4.73. The van der Waals surface area contributed by atoms with Crippen molar-refractivity contribution in [1.29, 1.82) is 0 Å². The predicted octanol–water partition coefficient (Wildman–Crippen LogP) is 1.30. The zero-order chi connectivity index (χ0) is 12.3. The molecule has 6 heteroatoms. The number of nitrogens with zero attached hydrogens (tertiary/aromatic N) is 1. The van der Waals surface area contributed by atoms with Crippen LogP contribution < -0.4 is 0 Å². The van der Waals surface area contributed by atoms with E-state index in [1.165, 1.54) is 19.1 Å². The Kier molecular flexibility index (Phi) is 3.64. The minimum atomic E-state index is -3.20. The topological polar surface area (TPSA) is 77.3 Å². The van der Waals surface area contributed by atoms with Gasteiger partial charge in [0.2, 0.25) is 6.04 Å². The quantitative estimate of drug-likeness (QED) is 0.590. The van der Waals surface area contributed by atoms with E-state index < -0.39 is 15.9 Å². The Bertz CT molecular complexity index is 478. The summed E-state index contributed by atoms with van der Waals surface area (Å²) < 4.78 is 22.3. The molecule has 1 rings (SSSR count). The van der Waals surface area contributed by atoms with Crippen LogP contribution in [-0.4, -0.2) is 25.6 Å². The Morgan fingerprint density at radius 3 is 2.19 bits per heavy atom. The molecule has 1 unspecified atom stereocenters. The van der Waals surface area contributed by atoms with E-state index in [4.69, 9.17) is 0 Å². The van der Waals surface area contributed by atoms with Crippen LogP contribution >= 0.6 is 0 Å². The average molecular weight is 243 g/mol. The molecule has 0 aliphatic rings. The second-order valence-corrected chi connectivity index (χ2v) is 5.77. The number of hydrogen-bond donors (Lipinski definition) is 0. The zero-order valence-electron chi connectivity index (χ0n) is 9.08. The van der Waals surface area contributed by atoms with E-state index in [0.717, 1.165) is 11.8 Å². The summed E-state index contributed by atoms with van der Waals surface area (Å²) in [6.45, 7) is 1.52. The van der Waals surface area contributed by atoms with Crippen LogP contribution in [-0.2, 0) is 16.3 Å². The minimum Gasteiger partial charge on any atom is -0.264 e. The van der Waals surface area contributed by atoms with E-state index in [9.17, 15) is 18.5 Å². The van der Waals surface area contributed by atoms with Gasteiger partial charge in [-0.3, -0.25) is 10.1 Å². The third-order valence-corrected chi connectivity index (χ3v) is 3.37. The Morgan fingerprint density at radius 1 is 1.31 bits per heavy atom. The van der Waals surface area contributed by atoms with Crippen LogP contribution in [0.1, 0.15) is 12.5 Å². The molecule has 0 amide bonds. The largest absolute Gasteiger partial charge is 0.264 e. The smallest absolute Gasteiger partial charge is 0.214 e. The predicted molar refractivity (Wildman–Crippen MR) is 59.7 cm³/mol. The van der Waals surface area contributed by atoms with Crippen molar-refractivity contribution < 1.29 is 13.3 Å². The lowest BCUT2D eigenvalue weighted by Crippen LogP contribution is -2.17. The molecule has 0 aliphatic heterocycles. The molecule has 0 bridgehead atoms.